The number of hydrogen-bond donors (Lipinski definition) is 1. The van der Waals surface area contributed by atoms with Crippen LogP contribution in [0, 0.1) is 6.92 Å². The summed E-state index contributed by atoms with van der Waals surface area (Å²) in [4.78, 5) is 16.7. The van der Waals surface area contributed by atoms with E-state index in [4.69, 9.17) is 0 Å². The molecule has 5 heteroatoms. The molecule has 1 heterocycles. The molecule has 1 amide bonds. The number of thiazole rings is 1. The normalized spacial score (nSPS) is 10.3. The molecule has 0 saturated heterocycles. The number of carbonyl (C=O) groups excluding carboxylic acids is 1. The zero-order valence-corrected chi connectivity index (χ0v) is 11.9. The summed E-state index contributed by atoms with van der Waals surface area (Å²) in [7, 11) is 1.63. The average Bonchev–Trinajstić information content (AvgIpc) is 2.71. The van der Waals surface area contributed by atoms with Crippen LogP contribution < -0.4 is 5.32 Å². The molecule has 0 atom stereocenters. The Morgan fingerprint density at radius 1 is 1.35 bits per heavy atom. The van der Waals surface area contributed by atoms with Crippen LogP contribution in [0.5, 0.6) is 0 Å². The summed E-state index contributed by atoms with van der Waals surface area (Å²) < 4.78 is 1.03. The van der Waals surface area contributed by atoms with Gasteiger partial charge in [0, 0.05) is 17.1 Å². The Balaban J connectivity index is 2.41. The maximum absolute atomic E-state index is 11.6. The first kappa shape index (κ1) is 12.3. The van der Waals surface area contributed by atoms with Gasteiger partial charge in [0.2, 0.25) is 0 Å². The second-order valence-corrected chi connectivity index (χ2v) is 5.43. The van der Waals surface area contributed by atoms with E-state index in [1.165, 1.54) is 11.3 Å². The quantitative estimate of drug-likeness (QED) is 0.925. The van der Waals surface area contributed by atoms with Crippen LogP contribution >= 0.6 is 27.3 Å². The minimum absolute atomic E-state index is 0.0802. The number of amides is 1. The van der Waals surface area contributed by atoms with Gasteiger partial charge in [-0.25, -0.2) is 4.98 Å². The van der Waals surface area contributed by atoms with E-state index in [-0.39, 0.29) is 5.91 Å². The maximum Gasteiger partial charge on any atom is 0.263 e. The molecule has 0 bridgehead atoms. The molecule has 0 fully saturated rings. The SMILES string of the molecule is CNC(=O)c1sc(-c2ccc(Br)cc2)nc1C. The number of aromatic nitrogens is 1. The van der Waals surface area contributed by atoms with Crippen molar-refractivity contribution in [2.45, 2.75) is 6.92 Å². The first-order valence-electron chi connectivity index (χ1n) is 5.07. The highest BCUT2D eigenvalue weighted by Gasteiger charge is 2.14. The molecule has 0 unspecified atom stereocenters. The Morgan fingerprint density at radius 2 is 2.00 bits per heavy atom. The lowest BCUT2D eigenvalue weighted by molar-refractivity contribution is 0.0966. The number of aryl methyl sites for hydroxylation is 1. The van der Waals surface area contributed by atoms with Gasteiger partial charge in [-0.15, -0.1) is 11.3 Å². The van der Waals surface area contributed by atoms with Gasteiger partial charge in [-0.3, -0.25) is 4.79 Å². The molecule has 0 radical (unpaired) electrons. The average molecular weight is 311 g/mol. The monoisotopic (exact) mass is 310 g/mol. The number of nitrogens with zero attached hydrogens (tertiary/aromatic N) is 1. The van der Waals surface area contributed by atoms with Crippen molar-refractivity contribution in [3.8, 4) is 10.6 Å². The standard InChI is InChI=1S/C12H11BrN2OS/c1-7-10(11(16)14-2)17-12(15-7)8-3-5-9(13)6-4-8/h3-6H,1-2H3,(H,14,16). The van der Waals surface area contributed by atoms with E-state index in [2.05, 4.69) is 26.2 Å². The van der Waals surface area contributed by atoms with Crippen molar-refractivity contribution >= 4 is 33.2 Å². The van der Waals surface area contributed by atoms with Crippen LogP contribution in [0.4, 0.5) is 0 Å². The second-order valence-electron chi connectivity index (χ2n) is 3.52. The summed E-state index contributed by atoms with van der Waals surface area (Å²) in [5.74, 6) is -0.0802. The number of nitrogens with one attached hydrogen (secondary N) is 1. The van der Waals surface area contributed by atoms with Crippen molar-refractivity contribution < 1.29 is 4.79 Å². The third-order valence-corrected chi connectivity index (χ3v) is 4.05. The lowest BCUT2D eigenvalue weighted by Gasteiger charge is -1.95. The summed E-state index contributed by atoms with van der Waals surface area (Å²) in [5.41, 5.74) is 1.80. The van der Waals surface area contributed by atoms with Crippen molar-refractivity contribution in [3.63, 3.8) is 0 Å². The van der Waals surface area contributed by atoms with E-state index < -0.39 is 0 Å². The molecule has 1 N–H and O–H groups in total. The lowest BCUT2D eigenvalue weighted by Crippen LogP contribution is -2.17. The van der Waals surface area contributed by atoms with Crippen molar-refractivity contribution in [2.75, 3.05) is 7.05 Å². The molecule has 0 aliphatic heterocycles. The summed E-state index contributed by atoms with van der Waals surface area (Å²) in [6.45, 7) is 1.85. The molecule has 1 aromatic heterocycles. The molecule has 17 heavy (non-hydrogen) atoms. The van der Waals surface area contributed by atoms with Crippen LogP contribution in [-0.4, -0.2) is 17.9 Å². The Bertz CT molecular complexity index is 548. The lowest BCUT2D eigenvalue weighted by atomic mass is 10.2. The Hall–Kier alpha value is -1.20. The first-order chi connectivity index (χ1) is 8.11. The molecular weight excluding hydrogens is 300 g/mol. The Morgan fingerprint density at radius 3 is 2.59 bits per heavy atom. The number of hydrogen-bond acceptors (Lipinski definition) is 3. The highest BCUT2D eigenvalue weighted by Crippen LogP contribution is 2.28. The van der Waals surface area contributed by atoms with Crippen LogP contribution in [0.1, 0.15) is 15.4 Å². The van der Waals surface area contributed by atoms with Crippen molar-refractivity contribution in [1.82, 2.24) is 10.3 Å². The topological polar surface area (TPSA) is 42.0 Å². The number of benzene rings is 1. The van der Waals surface area contributed by atoms with Crippen LogP contribution in [0.3, 0.4) is 0 Å². The number of carbonyl (C=O) groups is 1. The molecule has 2 rings (SSSR count). The van der Waals surface area contributed by atoms with Crippen LogP contribution in [0.15, 0.2) is 28.7 Å². The summed E-state index contributed by atoms with van der Waals surface area (Å²) in [6.07, 6.45) is 0. The zero-order valence-electron chi connectivity index (χ0n) is 9.45. The van der Waals surface area contributed by atoms with E-state index >= 15 is 0 Å². The van der Waals surface area contributed by atoms with Gasteiger partial charge in [0.05, 0.1) is 5.69 Å². The fourth-order valence-corrected chi connectivity index (χ4v) is 2.72. The molecule has 0 saturated carbocycles. The van der Waals surface area contributed by atoms with Gasteiger partial charge in [0.1, 0.15) is 9.88 Å². The van der Waals surface area contributed by atoms with E-state index in [0.29, 0.717) is 4.88 Å². The summed E-state index contributed by atoms with van der Waals surface area (Å²) in [5, 5.41) is 3.49. The molecule has 2 aromatic rings. The fraction of sp³-hybridized carbons (Fsp3) is 0.167. The van der Waals surface area contributed by atoms with E-state index in [1.807, 2.05) is 31.2 Å². The molecule has 0 spiro atoms. The minimum Gasteiger partial charge on any atom is -0.354 e. The first-order valence-corrected chi connectivity index (χ1v) is 6.68. The van der Waals surface area contributed by atoms with Gasteiger partial charge in [0.15, 0.2) is 0 Å². The Labute approximate surface area is 112 Å². The molecule has 3 nitrogen and oxygen atoms in total. The maximum atomic E-state index is 11.6. The smallest absolute Gasteiger partial charge is 0.263 e. The third-order valence-electron chi connectivity index (χ3n) is 2.32. The van der Waals surface area contributed by atoms with Crippen LogP contribution in [-0.2, 0) is 0 Å². The number of rotatable bonds is 2. The van der Waals surface area contributed by atoms with Gasteiger partial charge < -0.3 is 5.32 Å². The van der Waals surface area contributed by atoms with Gasteiger partial charge in [-0.05, 0) is 19.1 Å². The van der Waals surface area contributed by atoms with Crippen molar-refractivity contribution in [1.29, 1.82) is 0 Å². The van der Waals surface area contributed by atoms with Crippen molar-refractivity contribution in [2.24, 2.45) is 0 Å². The van der Waals surface area contributed by atoms with Gasteiger partial charge in [-0.1, -0.05) is 28.1 Å². The summed E-state index contributed by atoms with van der Waals surface area (Å²) >= 11 is 4.80. The van der Waals surface area contributed by atoms with Crippen molar-refractivity contribution in [3.05, 3.63) is 39.3 Å². The highest BCUT2D eigenvalue weighted by atomic mass is 79.9. The van der Waals surface area contributed by atoms with E-state index in [9.17, 15) is 4.79 Å². The minimum atomic E-state index is -0.0802. The van der Waals surface area contributed by atoms with Crippen LogP contribution in [0.2, 0.25) is 0 Å². The molecule has 88 valence electrons. The van der Waals surface area contributed by atoms with Gasteiger partial charge >= 0.3 is 0 Å². The van der Waals surface area contributed by atoms with E-state index in [1.54, 1.807) is 7.05 Å². The largest absolute Gasteiger partial charge is 0.354 e. The zero-order chi connectivity index (χ0) is 12.4. The molecule has 1 aromatic carbocycles. The molecule has 0 aliphatic carbocycles. The van der Waals surface area contributed by atoms with Crippen LogP contribution in [0.25, 0.3) is 10.6 Å². The highest BCUT2D eigenvalue weighted by molar-refractivity contribution is 9.10. The van der Waals surface area contributed by atoms with Gasteiger partial charge in [0.25, 0.3) is 5.91 Å². The van der Waals surface area contributed by atoms with E-state index in [0.717, 1.165) is 20.7 Å². The number of halogens is 1. The third kappa shape index (κ3) is 2.56. The predicted molar refractivity (Wildman–Crippen MR) is 73.4 cm³/mol. The predicted octanol–water partition coefficient (Wildman–Crippen LogP) is 3.24. The second kappa shape index (κ2) is 4.98. The molecular formula is C12H11BrN2OS. The molecule has 0 aliphatic rings. The van der Waals surface area contributed by atoms with Gasteiger partial charge in [-0.2, -0.15) is 0 Å². The Kier molecular flexibility index (Phi) is 3.59. The fourth-order valence-electron chi connectivity index (χ4n) is 1.44. The summed E-state index contributed by atoms with van der Waals surface area (Å²) in [6, 6.07) is 7.89.